The highest BCUT2D eigenvalue weighted by atomic mass is 35.5. The number of hydrogen-bond acceptors (Lipinski definition) is 4. The molecule has 0 aliphatic carbocycles. The number of nitrogens with two attached hydrogens (primary N) is 1. The van der Waals surface area contributed by atoms with Crippen LogP contribution in [0.5, 0.6) is 0 Å². The van der Waals surface area contributed by atoms with Crippen molar-refractivity contribution in [2.75, 3.05) is 5.32 Å². The number of halogens is 1. The van der Waals surface area contributed by atoms with Gasteiger partial charge in [-0.15, -0.1) is 0 Å². The highest BCUT2D eigenvalue weighted by Gasteiger charge is 2.08. The molecule has 104 valence electrons. The van der Waals surface area contributed by atoms with Crippen LogP contribution in [0, 0.1) is 6.92 Å². The van der Waals surface area contributed by atoms with Crippen LogP contribution in [0.15, 0.2) is 41.7 Å². The van der Waals surface area contributed by atoms with E-state index in [0.29, 0.717) is 17.3 Å². The van der Waals surface area contributed by atoms with Gasteiger partial charge in [0.15, 0.2) is 5.84 Å². The Morgan fingerprint density at radius 2 is 2.25 bits per heavy atom. The Morgan fingerprint density at radius 1 is 1.45 bits per heavy atom. The van der Waals surface area contributed by atoms with Crippen LogP contribution in [0.4, 0.5) is 5.69 Å². The number of benzene rings is 1. The van der Waals surface area contributed by atoms with Crippen LogP contribution in [-0.4, -0.2) is 16.0 Å². The molecule has 0 unspecified atom stereocenters. The van der Waals surface area contributed by atoms with Crippen molar-refractivity contribution in [3.05, 3.63) is 58.4 Å². The molecule has 0 bridgehead atoms. The number of hydrogen-bond donors (Lipinski definition) is 3. The van der Waals surface area contributed by atoms with Crippen molar-refractivity contribution in [3.63, 3.8) is 0 Å². The van der Waals surface area contributed by atoms with Crippen LogP contribution in [0.2, 0.25) is 5.02 Å². The smallest absolute Gasteiger partial charge is 0.189 e. The number of pyridine rings is 1. The lowest BCUT2D eigenvalue weighted by atomic mass is 10.1. The Hall–Kier alpha value is -2.27. The zero-order valence-corrected chi connectivity index (χ0v) is 11.7. The molecule has 0 aliphatic rings. The van der Waals surface area contributed by atoms with Gasteiger partial charge in [0.25, 0.3) is 0 Å². The van der Waals surface area contributed by atoms with E-state index < -0.39 is 0 Å². The largest absolute Gasteiger partial charge is 0.409 e. The molecule has 5 nitrogen and oxygen atoms in total. The van der Waals surface area contributed by atoms with Gasteiger partial charge in [-0.2, -0.15) is 0 Å². The van der Waals surface area contributed by atoms with Crippen molar-refractivity contribution in [3.8, 4) is 0 Å². The van der Waals surface area contributed by atoms with Crippen molar-refractivity contribution >= 4 is 23.1 Å². The van der Waals surface area contributed by atoms with E-state index in [1.165, 1.54) is 0 Å². The van der Waals surface area contributed by atoms with E-state index in [1.54, 1.807) is 12.3 Å². The predicted molar refractivity (Wildman–Crippen MR) is 80.3 cm³/mol. The van der Waals surface area contributed by atoms with Gasteiger partial charge in [-0.3, -0.25) is 4.98 Å². The predicted octanol–water partition coefficient (Wildman–Crippen LogP) is 2.75. The highest BCUT2D eigenvalue weighted by Crippen LogP contribution is 2.21. The van der Waals surface area contributed by atoms with Crippen LogP contribution in [-0.2, 0) is 6.54 Å². The number of anilines is 1. The van der Waals surface area contributed by atoms with Gasteiger partial charge >= 0.3 is 0 Å². The minimum Gasteiger partial charge on any atom is -0.409 e. The Balaban J connectivity index is 2.21. The van der Waals surface area contributed by atoms with Gasteiger partial charge in [-0.05, 0) is 30.7 Å². The number of oxime groups is 1. The first-order valence-electron chi connectivity index (χ1n) is 6.03. The van der Waals surface area contributed by atoms with Gasteiger partial charge in [0.05, 0.1) is 0 Å². The monoisotopic (exact) mass is 290 g/mol. The topological polar surface area (TPSA) is 83.5 Å². The lowest BCUT2D eigenvalue weighted by Crippen LogP contribution is -2.18. The molecule has 20 heavy (non-hydrogen) atoms. The maximum absolute atomic E-state index is 8.76. The number of aryl methyl sites for hydroxylation is 1. The van der Waals surface area contributed by atoms with Crippen LogP contribution in [0.3, 0.4) is 0 Å². The minimum atomic E-state index is -0.00906. The summed E-state index contributed by atoms with van der Waals surface area (Å²) in [7, 11) is 0. The molecule has 0 spiro atoms. The first kappa shape index (κ1) is 14.1. The van der Waals surface area contributed by atoms with Gasteiger partial charge in [0.1, 0.15) is 5.69 Å². The summed E-state index contributed by atoms with van der Waals surface area (Å²) in [5, 5.41) is 15.7. The van der Waals surface area contributed by atoms with Gasteiger partial charge in [-0.25, -0.2) is 0 Å². The SMILES string of the molecule is Cc1ccc(Cl)cc1NCc1cccnc1C(N)=NO. The fraction of sp³-hybridized carbons (Fsp3) is 0.143. The Bertz CT molecular complexity index is 643. The third kappa shape index (κ3) is 3.19. The Labute approximate surface area is 122 Å². The molecule has 0 aliphatic heterocycles. The van der Waals surface area contributed by atoms with Crippen molar-refractivity contribution in [2.24, 2.45) is 10.9 Å². The molecular formula is C14H15ClN4O. The molecule has 0 atom stereocenters. The second-order valence-corrected chi connectivity index (χ2v) is 4.75. The Kier molecular flexibility index (Phi) is 4.42. The lowest BCUT2D eigenvalue weighted by Gasteiger charge is -2.12. The Morgan fingerprint density at radius 3 is 3.00 bits per heavy atom. The normalized spacial score (nSPS) is 11.4. The number of aromatic nitrogens is 1. The van der Waals surface area contributed by atoms with Gasteiger partial charge in [0, 0.05) is 29.0 Å². The fourth-order valence-corrected chi connectivity index (χ4v) is 2.01. The van der Waals surface area contributed by atoms with Crippen LogP contribution in [0.25, 0.3) is 0 Å². The molecule has 0 radical (unpaired) electrons. The molecule has 0 saturated heterocycles. The van der Waals surface area contributed by atoms with E-state index in [1.807, 2.05) is 31.2 Å². The summed E-state index contributed by atoms with van der Waals surface area (Å²) in [5.74, 6) is -0.00906. The number of amidine groups is 1. The van der Waals surface area contributed by atoms with E-state index in [0.717, 1.165) is 16.8 Å². The summed E-state index contributed by atoms with van der Waals surface area (Å²) >= 11 is 5.98. The summed E-state index contributed by atoms with van der Waals surface area (Å²) in [6.45, 7) is 2.49. The molecule has 0 amide bonds. The standard InChI is InChI=1S/C14H15ClN4O/c1-9-4-5-11(15)7-12(9)18-8-10-3-2-6-17-13(10)14(16)19-20/h2-7,18,20H,8H2,1H3,(H2,16,19). The highest BCUT2D eigenvalue weighted by molar-refractivity contribution is 6.30. The zero-order valence-electron chi connectivity index (χ0n) is 11.0. The van der Waals surface area contributed by atoms with Crippen LogP contribution >= 0.6 is 11.6 Å². The molecule has 2 aromatic rings. The molecule has 1 aromatic heterocycles. The first-order chi connectivity index (χ1) is 9.61. The lowest BCUT2D eigenvalue weighted by molar-refractivity contribution is 0.318. The number of rotatable bonds is 4. The third-order valence-corrected chi connectivity index (χ3v) is 3.15. The second-order valence-electron chi connectivity index (χ2n) is 4.31. The molecule has 0 fully saturated rings. The molecule has 6 heteroatoms. The average Bonchev–Trinajstić information content (AvgIpc) is 2.47. The maximum Gasteiger partial charge on any atom is 0.189 e. The number of nitrogens with one attached hydrogen (secondary N) is 1. The van der Waals surface area contributed by atoms with Gasteiger partial charge < -0.3 is 16.3 Å². The van der Waals surface area contributed by atoms with Gasteiger partial charge in [0.2, 0.25) is 0 Å². The minimum absolute atomic E-state index is 0.00906. The van der Waals surface area contributed by atoms with E-state index >= 15 is 0 Å². The number of nitrogens with zero attached hydrogens (tertiary/aromatic N) is 2. The third-order valence-electron chi connectivity index (χ3n) is 2.91. The quantitative estimate of drug-likeness (QED) is 0.350. The van der Waals surface area contributed by atoms with Crippen molar-refractivity contribution in [1.82, 2.24) is 4.98 Å². The van der Waals surface area contributed by atoms with Crippen LogP contribution < -0.4 is 11.1 Å². The fourth-order valence-electron chi connectivity index (χ4n) is 1.83. The zero-order chi connectivity index (χ0) is 14.5. The first-order valence-corrected chi connectivity index (χ1v) is 6.41. The van der Waals surface area contributed by atoms with Gasteiger partial charge in [-0.1, -0.05) is 28.9 Å². The molecular weight excluding hydrogens is 276 g/mol. The van der Waals surface area contributed by atoms with E-state index in [9.17, 15) is 0 Å². The summed E-state index contributed by atoms with van der Waals surface area (Å²) in [6, 6.07) is 9.31. The molecule has 2 rings (SSSR count). The van der Waals surface area contributed by atoms with Crippen LogP contribution in [0.1, 0.15) is 16.8 Å². The average molecular weight is 291 g/mol. The van der Waals surface area contributed by atoms with Crippen molar-refractivity contribution < 1.29 is 5.21 Å². The van der Waals surface area contributed by atoms with E-state index in [4.69, 9.17) is 22.5 Å². The molecule has 1 heterocycles. The molecule has 4 N–H and O–H groups in total. The summed E-state index contributed by atoms with van der Waals surface area (Å²) in [5.41, 5.74) is 8.93. The van der Waals surface area contributed by atoms with E-state index in [2.05, 4.69) is 15.5 Å². The summed E-state index contributed by atoms with van der Waals surface area (Å²) < 4.78 is 0. The molecule has 1 aromatic carbocycles. The van der Waals surface area contributed by atoms with Crippen molar-refractivity contribution in [2.45, 2.75) is 13.5 Å². The maximum atomic E-state index is 8.76. The molecule has 0 saturated carbocycles. The summed E-state index contributed by atoms with van der Waals surface area (Å²) in [6.07, 6.45) is 1.60. The van der Waals surface area contributed by atoms with E-state index in [-0.39, 0.29) is 5.84 Å². The second kappa shape index (κ2) is 6.25. The summed E-state index contributed by atoms with van der Waals surface area (Å²) in [4.78, 5) is 4.12. The van der Waals surface area contributed by atoms with Crippen molar-refractivity contribution in [1.29, 1.82) is 0 Å².